The van der Waals surface area contributed by atoms with Crippen molar-refractivity contribution in [1.82, 2.24) is 10.3 Å². The first-order chi connectivity index (χ1) is 7.67. The molecule has 16 heavy (non-hydrogen) atoms. The van der Waals surface area contributed by atoms with Crippen molar-refractivity contribution in [3.8, 4) is 0 Å². The van der Waals surface area contributed by atoms with Gasteiger partial charge in [-0.15, -0.1) is 0 Å². The second-order valence-corrected chi connectivity index (χ2v) is 2.73. The molecule has 2 N–H and O–H groups in total. The fourth-order valence-electron chi connectivity index (χ4n) is 0.930. The van der Waals surface area contributed by atoms with E-state index in [0.29, 0.717) is 6.54 Å². The Hall–Kier alpha value is -2.05. The van der Waals surface area contributed by atoms with Gasteiger partial charge < -0.3 is 14.5 Å². The minimum Gasteiger partial charge on any atom is -0.460 e. The number of anilines is 1. The van der Waals surface area contributed by atoms with Crippen LogP contribution in [0, 0.1) is 0 Å². The zero-order chi connectivity index (χ0) is 12.0. The molecule has 2 amide bonds. The van der Waals surface area contributed by atoms with Gasteiger partial charge in [-0.25, -0.2) is 14.6 Å². The van der Waals surface area contributed by atoms with Crippen LogP contribution in [0.1, 0.15) is 24.4 Å². The third kappa shape index (κ3) is 3.26. The highest BCUT2D eigenvalue weighted by Crippen LogP contribution is 2.09. The monoisotopic (exact) mass is 227 g/mol. The number of amides is 2. The summed E-state index contributed by atoms with van der Waals surface area (Å²) in [4.78, 5) is 26.0. The molecular formula is C9H13N3O4. The molecule has 1 aromatic rings. The van der Waals surface area contributed by atoms with E-state index in [1.54, 1.807) is 13.8 Å². The minimum absolute atomic E-state index is 0.0472. The lowest BCUT2D eigenvalue weighted by Gasteiger charge is -2.00. The van der Waals surface area contributed by atoms with Gasteiger partial charge in [-0.05, 0) is 13.8 Å². The summed E-state index contributed by atoms with van der Waals surface area (Å²) in [6.45, 7) is 4.19. The lowest BCUT2D eigenvalue weighted by Crippen LogP contribution is -2.28. The van der Waals surface area contributed by atoms with Crippen LogP contribution in [0.4, 0.5) is 10.8 Å². The first-order valence-corrected chi connectivity index (χ1v) is 4.85. The number of hydrogen-bond acceptors (Lipinski definition) is 5. The van der Waals surface area contributed by atoms with Crippen molar-refractivity contribution in [3.63, 3.8) is 0 Å². The van der Waals surface area contributed by atoms with Crippen molar-refractivity contribution < 1.29 is 18.7 Å². The summed E-state index contributed by atoms with van der Waals surface area (Å²) >= 11 is 0. The maximum absolute atomic E-state index is 11.2. The topological polar surface area (TPSA) is 93.5 Å². The van der Waals surface area contributed by atoms with Gasteiger partial charge in [-0.1, -0.05) is 0 Å². The molecule has 0 aliphatic carbocycles. The van der Waals surface area contributed by atoms with Crippen LogP contribution in [-0.4, -0.2) is 30.1 Å². The second kappa shape index (κ2) is 5.74. The van der Waals surface area contributed by atoms with Crippen molar-refractivity contribution in [1.29, 1.82) is 0 Å². The van der Waals surface area contributed by atoms with E-state index < -0.39 is 12.0 Å². The number of oxazole rings is 1. The number of urea groups is 1. The van der Waals surface area contributed by atoms with Gasteiger partial charge in [0.2, 0.25) is 5.76 Å². The molecule has 0 atom stereocenters. The van der Waals surface area contributed by atoms with Crippen LogP contribution in [0.15, 0.2) is 10.6 Å². The molecule has 0 unspecified atom stereocenters. The number of hydrogen-bond donors (Lipinski definition) is 2. The van der Waals surface area contributed by atoms with Crippen LogP contribution in [0.5, 0.6) is 0 Å². The Morgan fingerprint density at radius 2 is 2.25 bits per heavy atom. The Balaban J connectivity index is 2.57. The molecule has 0 saturated carbocycles. The highest BCUT2D eigenvalue weighted by atomic mass is 16.5. The first-order valence-electron chi connectivity index (χ1n) is 4.85. The minimum atomic E-state index is -0.612. The van der Waals surface area contributed by atoms with E-state index in [9.17, 15) is 9.59 Å². The standard InChI is InChI=1S/C9H13N3O4/c1-3-10-8(14)12-9-11-5-6(16-9)7(13)15-4-2/h5H,3-4H2,1-2H3,(H2,10,11,12,14). The first kappa shape index (κ1) is 12.0. The number of nitrogens with zero attached hydrogens (tertiary/aromatic N) is 1. The van der Waals surface area contributed by atoms with Gasteiger partial charge in [-0.2, -0.15) is 0 Å². The molecule has 0 radical (unpaired) electrons. The quantitative estimate of drug-likeness (QED) is 0.748. The number of carbonyl (C=O) groups is 2. The molecule has 1 rings (SSSR count). The third-order valence-corrected chi connectivity index (χ3v) is 1.54. The summed E-state index contributed by atoms with van der Waals surface area (Å²) in [6.07, 6.45) is 1.19. The van der Waals surface area contributed by atoms with E-state index in [1.165, 1.54) is 6.20 Å². The molecule has 1 aromatic heterocycles. The van der Waals surface area contributed by atoms with Crippen LogP contribution in [0.2, 0.25) is 0 Å². The van der Waals surface area contributed by atoms with Crippen molar-refractivity contribution in [2.75, 3.05) is 18.5 Å². The Morgan fingerprint density at radius 1 is 1.50 bits per heavy atom. The number of aromatic nitrogens is 1. The summed E-state index contributed by atoms with van der Waals surface area (Å²) in [5.74, 6) is -0.660. The fourth-order valence-corrected chi connectivity index (χ4v) is 0.930. The maximum atomic E-state index is 11.2. The summed E-state index contributed by atoms with van der Waals surface area (Å²) < 4.78 is 9.65. The fraction of sp³-hybridized carbons (Fsp3) is 0.444. The van der Waals surface area contributed by atoms with Gasteiger partial charge >= 0.3 is 18.0 Å². The molecule has 0 saturated heterocycles. The van der Waals surface area contributed by atoms with E-state index in [-0.39, 0.29) is 18.4 Å². The second-order valence-electron chi connectivity index (χ2n) is 2.73. The van der Waals surface area contributed by atoms with E-state index in [4.69, 9.17) is 9.15 Å². The van der Waals surface area contributed by atoms with E-state index >= 15 is 0 Å². The highest BCUT2D eigenvalue weighted by molar-refractivity contribution is 5.89. The molecule has 7 heteroatoms. The number of carbonyl (C=O) groups excluding carboxylic acids is 2. The zero-order valence-corrected chi connectivity index (χ0v) is 9.07. The molecule has 0 aromatic carbocycles. The number of ether oxygens (including phenoxy) is 1. The van der Waals surface area contributed by atoms with Crippen molar-refractivity contribution in [3.05, 3.63) is 12.0 Å². The number of rotatable bonds is 4. The third-order valence-electron chi connectivity index (χ3n) is 1.54. The average molecular weight is 227 g/mol. The molecule has 0 aliphatic rings. The van der Waals surface area contributed by atoms with Crippen LogP contribution in [0.25, 0.3) is 0 Å². The maximum Gasteiger partial charge on any atom is 0.376 e. The molecule has 0 aliphatic heterocycles. The molecular weight excluding hydrogens is 214 g/mol. The van der Waals surface area contributed by atoms with Gasteiger partial charge in [0.15, 0.2) is 0 Å². The molecule has 88 valence electrons. The number of nitrogens with one attached hydrogen (secondary N) is 2. The lowest BCUT2D eigenvalue weighted by molar-refractivity contribution is 0.0491. The largest absolute Gasteiger partial charge is 0.460 e. The predicted molar refractivity (Wildman–Crippen MR) is 55.2 cm³/mol. The molecule has 0 fully saturated rings. The van der Waals surface area contributed by atoms with Crippen molar-refractivity contribution >= 4 is 18.0 Å². The Bertz CT molecular complexity index is 375. The van der Waals surface area contributed by atoms with Crippen LogP contribution in [0.3, 0.4) is 0 Å². The Kier molecular flexibility index (Phi) is 4.31. The molecule has 1 heterocycles. The summed E-state index contributed by atoms with van der Waals surface area (Å²) in [5, 5.41) is 4.82. The SMILES string of the molecule is CCNC(=O)Nc1ncc(C(=O)OCC)o1. The summed E-state index contributed by atoms with van der Waals surface area (Å²) in [5.41, 5.74) is 0. The van der Waals surface area contributed by atoms with Crippen LogP contribution >= 0.6 is 0 Å². The summed E-state index contributed by atoms with van der Waals surface area (Å²) in [6, 6.07) is -0.492. The van der Waals surface area contributed by atoms with E-state index in [0.717, 1.165) is 0 Å². The predicted octanol–water partition coefficient (Wildman–Crippen LogP) is 0.993. The zero-order valence-electron chi connectivity index (χ0n) is 9.07. The molecule has 0 spiro atoms. The Labute approximate surface area is 92.2 Å². The highest BCUT2D eigenvalue weighted by Gasteiger charge is 2.14. The van der Waals surface area contributed by atoms with Crippen molar-refractivity contribution in [2.45, 2.75) is 13.8 Å². The number of esters is 1. The van der Waals surface area contributed by atoms with Crippen LogP contribution in [-0.2, 0) is 4.74 Å². The smallest absolute Gasteiger partial charge is 0.376 e. The Morgan fingerprint density at radius 3 is 2.88 bits per heavy atom. The van der Waals surface area contributed by atoms with Crippen molar-refractivity contribution in [2.24, 2.45) is 0 Å². The molecule has 0 bridgehead atoms. The summed E-state index contributed by atoms with van der Waals surface area (Å²) in [7, 11) is 0. The van der Waals surface area contributed by atoms with E-state index in [2.05, 4.69) is 15.6 Å². The lowest BCUT2D eigenvalue weighted by atomic mass is 10.5. The molecule has 7 nitrogen and oxygen atoms in total. The van der Waals surface area contributed by atoms with Gasteiger partial charge in [0.05, 0.1) is 12.8 Å². The van der Waals surface area contributed by atoms with Gasteiger partial charge in [0.1, 0.15) is 0 Å². The van der Waals surface area contributed by atoms with Gasteiger partial charge in [0.25, 0.3) is 0 Å². The van der Waals surface area contributed by atoms with Crippen LogP contribution < -0.4 is 10.6 Å². The average Bonchev–Trinajstić information content (AvgIpc) is 2.67. The normalized spacial score (nSPS) is 9.62. The van der Waals surface area contributed by atoms with Gasteiger partial charge in [-0.3, -0.25) is 5.32 Å². The van der Waals surface area contributed by atoms with Gasteiger partial charge in [0, 0.05) is 6.54 Å². The van der Waals surface area contributed by atoms with E-state index in [1.807, 2.05) is 0 Å².